The minimum Gasteiger partial charge on any atom is -0.395 e. The van der Waals surface area contributed by atoms with Crippen molar-refractivity contribution < 1.29 is 18.6 Å². The first-order chi connectivity index (χ1) is 9.24. The van der Waals surface area contributed by atoms with Gasteiger partial charge in [-0.3, -0.25) is 10.1 Å². The van der Waals surface area contributed by atoms with Crippen molar-refractivity contribution in [2.45, 2.75) is 6.04 Å². The molecule has 0 aromatic carbocycles. The fraction of sp³-hybridized carbons (Fsp3) is 0.400. The molecule has 2 aromatic rings. The monoisotopic (exact) mass is 266 g/mol. The van der Waals surface area contributed by atoms with Crippen LogP contribution in [0, 0.1) is 10.1 Å². The van der Waals surface area contributed by atoms with Crippen molar-refractivity contribution >= 4 is 5.88 Å². The molecule has 0 bridgehead atoms. The molecule has 2 aromatic heterocycles. The Bertz CT molecular complexity index is 586. The highest BCUT2D eigenvalue weighted by atomic mass is 16.6. The Morgan fingerprint density at radius 3 is 3.05 bits per heavy atom. The molecule has 0 radical (unpaired) electrons. The Morgan fingerprint density at radius 2 is 2.37 bits per heavy atom. The summed E-state index contributed by atoms with van der Waals surface area (Å²) in [5.41, 5.74) is 0. The van der Waals surface area contributed by atoms with Crippen LogP contribution in [-0.4, -0.2) is 34.8 Å². The molecule has 1 aliphatic heterocycles. The first kappa shape index (κ1) is 11.8. The van der Waals surface area contributed by atoms with Gasteiger partial charge in [0.15, 0.2) is 11.6 Å². The van der Waals surface area contributed by atoms with E-state index in [9.17, 15) is 10.1 Å². The summed E-state index contributed by atoms with van der Waals surface area (Å²) in [5, 5.41) is 17.5. The number of nitrogens with one attached hydrogen (secondary N) is 1. The summed E-state index contributed by atoms with van der Waals surface area (Å²) in [6.45, 7) is 1.81. The molecule has 19 heavy (non-hydrogen) atoms. The third-order valence-electron chi connectivity index (χ3n) is 2.66. The fourth-order valence-electron chi connectivity index (χ4n) is 1.75. The van der Waals surface area contributed by atoms with Gasteiger partial charge in [0, 0.05) is 6.54 Å². The van der Waals surface area contributed by atoms with Crippen LogP contribution in [-0.2, 0) is 4.74 Å². The zero-order valence-corrected chi connectivity index (χ0v) is 9.74. The van der Waals surface area contributed by atoms with E-state index in [4.69, 9.17) is 13.7 Å². The third-order valence-corrected chi connectivity index (χ3v) is 2.66. The molecule has 0 saturated carbocycles. The van der Waals surface area contributed by atoms with Gasteiger partial charge in [-0.25, -0.2) is 0 Å². The molecule has 0 amide bonds. The summed E-state index contributed by atoms with van der Waals surface area (Å²) >= 11 is 0. The average molecular weight is 266 g/mol. The van der Waals surface area contributed by atoms with E-state index in [0.717, 1.165) is 0 Å². The Morgan fingerprint density at radius 1 is 1.47 bits per heavy atom. The fourth-order valence-corrected chi connectivity index (χ4v) is 1.75. The third kappa shape index (κ3) is 2.33. The number of nitro groups is 1. The van der Waals surface area contributed by atoms with Crippen molar-refractivity contribution in [2.24, 2.45) is 0 Å². The van der Waals surface area contributed by atoms with Gasteiger partial charge in [-0.2, -0.15) is 4.98 Å². The number of hydrogen-bond donors (Lipinski definition) is 1. The Hall–Kier alpha value is -2.26. The van der Waals surface area contributed by atoms with Crippen LogP contribution in [0.25, 0.3) is 11.7 Å². The molecule has 1 aliphatic rings. The van der Waals surface area contributed by atoms with Gasteiger partial charge < -0.3 is 19.0 Å². The molecule has 0 aliphatic carbocycles. The molecule has 1 atom stereocenters. The standard InChI is InChI=1S/C10H10N4O5/c15-14(16)8-2-1-7(18-8)10-12-9(13-19-10)6-5-17-4-3-11-6/h1-2,6,11H,3-5H2. The predicted octanol–water partition coefficient (Wildman–Crippen LogP) is 0.899. The molecule has 100 valence electrons. The highest BCUT2D eigenvalue weighted by Gasteiger charge is 2.23. The van der Waals surface area contributed by atoms with Crippen molar-refractivity contribution in [1.29, 1.82) is 0 Å². The molecule has 1 N–H and O–H groups in total. The van der Waals surface area contributed by atoms with Crippen molar-refractivity contribution in [2.75, 3.05) is 19.8 Å². The van der Waals surface area contributed by atoms with Crippen LogP contribution in [0.4, 0.5) is 5.88 Å². The summed E-state index contributed by atoms with van der Waals surface area (Å²) in [7, 11) is 0. The lowest BCUT2D eigenvalue weighted by Crippen LogP contribution is -2.35. The van der Waals surface area contributed by atoms with E-state index in [1.165, 1.54) is 12.1 Å². The van der Waals surface area contributed by atoms with Crippen LogP contribution >= 0.6 is 0 Å². The Labute approximate surface area is 106 Å². The van der Waals surface area contributed by atoms with Gasteiger partial charge in [0.1, 0.15) is 4.92 Å². The predicted molar refractivity (Wildman–Crippen MR) is 60.2 cm³/mol. The summed E-state index contributed by atoms with van der Waals surface area (Å²) in [6, 6.07) is 2.51. The van der Waals surface area contributed by atoms with Gasteiger partial charge in [0.2, 0.25) is 0 Å². The summed E-state index contributed by atoms with van der Waals surface area (Å²) in [6.07, 6.45) is 0. The van der Waals surface area contributed by atoms with E-state index in [1.54, 1.807) is 0 Å². The summed E-state index contributed by atoms with van der Waals surface area (Å²) < 4.78 is 15.3. The maximum atomic E-state index is 10.5. The SMILES string of the molecule is O=[N+]([O-])c1ccc(-c2nc(C3COCCN3)no2)o1. The van der Waals surface area contributed by atoms with Crippen LogP contribution in [0.5, 0.6) is 0 Å². The van der Waals surface area contributed by atoms with Crippen molar-refractivity contribution in [3.05, 3.63) is 28.1 Å². The van der Waals surface area contributed by atoms with E-state index in [0.29, 0.717) is 25.6 Å². The topological polar surface area (TPSA) is 116 Å². The minimum absolute atomic E-state index is 0.107. The van der Waals surface area contributed by atoms with Gasteiger partial charge in [0.25, 0.3) is 5.89 Å². The first-order valence-corrected chi connectivity index (χ1v) is 5.63. The van der Waals surface area contributed by atoms with Crippen molar-refractivity contribution in [1.82, 2.24) is 15.5 Å². The average Bonchev–Trinajstić information content (AvgIpc) is 3.09. The van der Waals surface area contributed by atoms with Crippen molar-refractivity contribution in [3.8, 4) is 11.7 Å². The number of rotatable bonds is 3. The summed E-state index contributed by atoms with van der Waals surface area (Å²) in [4.78, 5) is 14.0. The van der Waals surface area contributed by atoms with E-state index in [-0.39, 0.29) is 23.6 Å². The molecule has 1 saturated heterocycles. The highest BCUT2D eigenvalue weighted by molar-refractivity contribution is 5.46. The molecule has 3 heterocycles. The van der Waals surface area contributed by atoms with Crippen molar-refractivity contribution in [3.63, 3.8) is 0 Å². The molecule has 9 heteroatoms. The van der Waals surface area contributed by atoms with Gasteiger partial charge in [-0.15, -0.1) is 0 Å². The first-order valence-electron chi connectivity index (χ1n) is 5.63. The second-order valence-corrected chi connectivity index (χ2v) is 3.93. The Balaban J connectivity index is 1.81. The lowest BCUT2D eigenvalue weighted by molar-refractivity contribution is -0.401. The molecule has 3 rings (SSSR count). The molecule has 1 fully saturated rings. The number of hydrogen-bond acceptors (Lipinski definition) is 8. The number of morpholine rings is 1. The lowest BCUT2D eigenvalue weighted by Gasteiger charge is -2.20. The number of aromatic nitrogens is 2. The van der Waals surface area contributed by atoms with E-state index in [2.05, 4.69) is 15.5 Å². The zero-order valence-electron chi connectivity index (χ0n) is 9.74. The van der Waals surface area contributed by atoms with Crippen LogP contribution < -0.4 is 5.32 Å². The van der Waals surface area contributed by atoms with E-state index >= 15 is 0 Å². The minimum atomic E-state index is -0.628. The second kappa shape index (κ2) is 4.78. The van der Waals surface area contributed by atoms with Gasteiger partial charge in [-0.05, 0) is 6.07 Å². The number of furan rings is 1. The Kier molecular flexibility index (Phi) is 2.97. The molecule has 9 nitrogen and oxygen atoms in total. The van der Waals surface area contributed by atoms with Crippen LogP contribution in [0.2, 0.25) is 0 Å². The zero-order chi connectivity index (χ0) is 13.2. The second-order valence-electron chi connectivity index (χ2n) is 3.93. The lowest BCUT2D eigenvalue weighted by atomic mass is 10.2. The van der Waals surface area contributed by atoms with E-state index in [1.807, 2.05) is 0 Å². The molecule has 0 spiro atoms. The molecular weight excluding hydrogens is 256 g/mol. The van der Waals surface area contributed by atoms with Gasteiger partial charge >= 0.3 is 5.88 Å². The molecule has 1 unspecified atom stereocenters. The van der Waals surface area contributed by atoms with Gasteiger partial charge in [-0.1, -0.05) is 5.16 Å². The quantitative estimate of drug-likeness (QED) is 0.643. The maximum Gasteiger partial charge on any atom is 0.433 e. The molecular formula is C10H10N4O5. The number of nitrogens with zero attached hydrogens (tertiary/aromatic N) is 3. The van der Waals surface area contributed by atoms with Gasteiger partial charge in [0.05, 0.1) is 25.3 Å². The van der Waals surface area contributed by atoms with Crippen LogP contribution in [0.1, 0.15) is 11.9 Å². The maximum absolute atomic E-state index is 10.5. The summed E-state index contributed by atoms with van der Waals surface area (Å²) in [5.74, 6) is 0.347. The van der Waals surface area contributed by atoms with Crippen LogP contribution in [0.3, 0.4) is 0 Å². The highest BCUT2D eigenvalue weighted by Crippen LogP contribution is 2.25. The van der Waals surface area contributed by atoms with Crippen LogP contribution in [0.15, 0.2) is 21.1 Å². The smallest absolute Gasteiger partial charge is 0.395 e. The largest absolute Gasteiger partial charge is 0.433 e. The normalized spacial score (nSPS) is 19.5. The van der Waals surface area contributed by atoms with E-state index < -0.39 is 4.92 Å². The number of ether oxygens (including phenoxy) is 1.